The highest BCUT2D eigenvalue weighted by molar-refractivity contribution is 7.47. The lowest BCUT2D eigenvalue weighted by molar-refractivity contribution is -0.161. The summed E-state index contributed by atoms with van der Waals surface area (Å²) in [6.07, 6.45) is 48.5. The van der Waals surface area contributed by atoms with Crippen LogP contribution in [0, 0.1) is 23.7 Å². The molecule has 558 valence electrons. The summed E-state index contributed by atoms with van der Waals surface area (Å²) in [6.45, 7) is 14.2. The van der Waals surface area contributed by atoms with Crippen molar-refractivity contribution in [2.45, 2.75) is 395 Å². The minimum absolute atomic E-state index is 0.105. The number of aliphatic hydroxyl groups is 1. The van der Waals surface area contributed by atoms with Crippen LogP contribution in [0.25, 0.3) is 0 Å². The zero-order valence-electron chi connectivity index (χ0n) is 61.6. The topological polar surface area (TPSA) is 237 Å². The zero-order chi connectivity index (χ0) is 69.6. The van der Waals surface area contributed by atoms with Crippen molar-refractivity contribution in [3.05, 3.63) is 0 Å². The number of unbranched alkanes of at least 4 members (excludes halogenated alkanes) is 36. The molecule has 0 saturated carbocycles. The molecule has 4 unspecified atom stereocenters. The molecule has 0 rings (SSSR count). The van der Waals surface area contributed by atoms with Crippen molar-refractivity contribution < 1.29 is 80.2 Å². The van der Waals surface area contributed by atoms with Gasteiger partial charge in [0, 0.05) is 25.7 Å². The van der Waals surface area contributed by atoms with E-state index in [0.29, 0.717) is 25.7 Å². The summed E-state index contributed by atoms with van der Waals surface area (Å²) in [7, 11) is -9.91. The maximum absolute atomic E-state index is 13.1. The van der Waals surface area contributed by atoms with E-state index in [1.54, 1.807) is 0 Å². The lowest BCUT2D eigenvalue weighted by atomic mass is 9.99. The van der Waals surface area contributed by atoms with Crippen LogP contribution in [0.1, 0.15) is 376 Å². The Labute approximate surface area is 575 Å². The quantitative estimate of drug-likeness (QED) is 0.0222. The summed E-state index contributed by atoms with van der Waals surface area (Å²) < 4.78 is 68.5. The lowest BCUT2D eigenvalue weighted by Gasteiger charge is -2.21. The Kier molecular flexibility index (Phi) is 63.1. The van der Waals surface area contributed by atoms with Crippen LogP contribution in [0.15, 0.2) is 0 Å². The number of hydrogen-bond acceptors (Lipinski definition) is 15. The average molecular weight is 1380 g/mol. The van der Waals surface area contributed by atoms with E-state index in [0.717, 1.165) is 120 Å². The number of aliphatic hydroxyl groups excluding tert-OH is 1. The number of esters is 4. The monoisotopic (exact) mass is 1380 g/mol. The van der Waals surface area contributed by atoms with Gasteiger partial charge in [-0.05, 0) is 49.4 Å². The Morgan fingerprint density at radius 1 is 0.298 bits per heavy atom. The molecule has 0 spiro atoms. The molecule has 0 saturated heterocycles. The first-order valence-electron chi connectivity index (χ1n) is 38.8. The Balaban J connectivity index is 5.26. The van der Waals surface area contributed by atoms with Crippen LogP contribution < -0.4 is 0 Å². The minimum atomic E-state index is -4.96. The molecule has 3 N–H and O–H groups in total. The minimum Gasteiger partial charge on any atom is -0.462 e. The first-order chi connectivity index (χ1) is 45.2. The molecule has 0 aliphatic heterocycles. The molecule has 19 heteroatoms. The van der Waals surface area contributed by atoms with E-state index in [2.05, 4.69) is 55.4 Å². The van der Waals surface area contributed by atoms with E-state index in [1.165, 1.54) is 173 Å². The normalized spacial score (nSPS) is 14.7. The van der Waals surface area contributed by atoms with Gasteiger partial charge in [-0.2, -0.15) is 0 Å². The molecule has 94 heavy (non-hydrogen) atoms. The van der Waals surface area contributed by atoms with Crippen LogP contribution in [0.4, 0.5) is 0 Å². The molecular weight excluding hydrogens is 1230 g/mol. The largest absolute Gasteiger partial charge is 0.472 e. The van der Waals surface area contributed by atoms with Crippen LogP contribution in [-0.4, -0.2) is 96.7 Å². The van der Waals surface area contributed by atoms with E-state index >= 15 is 0 Å². The Bertz CT molecular complexity index is 1850. The standard InChI is InChI=1S/C75H146O17P2/c1-9-67(7)53-45-37-29-23-19-20-26-32-42-50-58-75(80)92-71(62-86-73(78)56-48-40-34-33-38-46-54-68(8)10-2)64-90-94(83,84)88-60-69(76)59-87-93(81,82)89-63-70(91-74(79)57-49-41-31-25-18-14-16-22-28-36-44-52-66(5)6)61-85-72(77)55-47-39-30-24-17-13-11-12-15-21-27-35-43-51-65(3)4/h65-71,76H,9-64H2,1-8H3,(H,81,82)(H,83,84)/t67?,68?,69-,70-,71-/m1/s1. The second-order valence-corrected chi connectivity index (χ2v) is 31.4. The van der Waals surface area contributed by atoms with Crippen molar-refractivity contribution in [1.29, 1.82) is 0 Å². The summed E-state index contributed by atoms with van der Waals surface area (Å²) in [5, 5.41) is 10.6. The molecule has 7 atom stereocenters. The highest BCUT2D eigenvalue weighted by Crippen LogP contribution is 2.45. The molecular formula is C75H146O17P2. The number of phosphoric ester groups is 2. The summed E-state index contributed by atoms with van der Waals surface area (Å²) in [4.78, 5) is 72.8. The predicted octanol–water partition coefficient (Wildman–Crippen LogP) is 21.7. The van der Waals surface area contributed by atoms with E-state index < -0.39 is 97.5 Å². The summed E-state index contributed by atoms with van der Waals surface area (Å²) >= 11 is 0. The number of carbonyl (C=O) groups is 4. The van der Waals surface area contributed by atoms with E-state index in [-0.39, 0.29) is 25.7 Å². The Morgan fingerprint density at radius 3 is 0.755 bits per heavy atom. The van der Waals surface area contributed by atoms with Crippen molar-refractivity contribution in [2.75, 3.05) is 39.6 Å². The van der Waals surface area contributed by atoms with Gasteiger partial charge in [0.1, 0.15) is 19.3 Å². The van der Waals surface area contributed by atoms with Gasteiger partial charge in [-0.15, -0.1) is 0 Å². The maximum Gasteiger partial charge on any atom is 0.472 e. The van der Waals surface area contributed by atoms with Gasteiger partial charge in [0.25, 0.3) is 0 Å². The van der Waals surface area contributed by atoms with Gasteiger partial charge in [0.15, 0.2) is 12.2 Å². The maximum atomic E-state index is 13.1. The Hall–Kier alpha value is -1.94. The van der Waals surface area contributed by atoms with Gasteiger partial charge in [-0.3, -0.25) is 37.3 Å². The fourth-order valence-electron chi connectivity index (χ4n) is 11.3. The number of rotatable bonds is 72. The molecule has 0 aliphatic rings. The molecule has 0 fully saturated rings. The van der Waals surface area contributed by atoms with Gasteiger partial charge in [-0.25, -0.2) is 9.13 Å². The second kappa shape index (κ2) is 64.4. The molecule has 0 amide bonds. The van der Waals surface area contributed by atoms with Crippen molar-refractivity contribution in [2.24, 2.45) is 23.7 Å². The summed E-state index contributed by atoms with van der Waals surface area (Å²) in [5.74, 6) is 0.968. The van der Waals surface area contributed by atoms with E-state index in [9.17, 15) is 43.2 Å². The molecule has 0 bridgehead atoms. The smallest absolute Gasteiger partial charge is 0.462 e. The van der Waals surface area contributed by atoms with Gasteiger partial charge < -0.3 is 33.8 Å². The highest BCUT2D eigenvalue weighted by atomic mass is 31.2. The average Bonchev–Trinajstić information content (AvgIpc) is 1.26. The number of ether oxygens (including phenoxy) is 4. The first kappa shape index (κ1) is 92.1. The molecule has 0 heterocycles. The van der Waals surface area contributed by atoms with Crippen molar-refractivity contribution in [3.8, 4) is 0 Å². The zero-order valence-corrected chi connectivity index (χ0v) is 63.4. The van der Waals surface area contributed by atoms with Crippen LogP contribution in [0.5, 0.6) is 0 Å². The van der Waals surface area contributed by atoms with Gasteiger partial charge in [0.2, 0.25) is 0 Å². The summed E-state index contributed by atoms with van der Waals surface area (Å²) in [5.41, 5.74) is 0. The fourth-order valence-corrected chi connectivity index (χ4v) is 12.9. The molecule has 0 aliphatic carbocycles. The number of phosphoric acid groups is 2. The van der Waals surface area contributed by atoms with Crippen molar-refractivity contribution in [1.82, 2.24) is 0 Å². The van der Waals surface area contributed by atoms with Crippen molar-refractivity contribution >= 4 is 39.5 Å². The lowest BCUT2D eigenvalue weighted by Crippen LogP contribution is -2.30. The summed E-state index contributed by atoms with van der Waals surface area (Å²) in [6, 6.07) is 0. The molecule has 17 nitrogen and oxygen atoms in total. The second-order valence-electron chi connectivity index (χ2n) is 28.5. The van der Waals surface area contributed by atoms with Crippen LogP contribution in [-0.2, 0) is 65.4 Å². The number of hydrogen-bond donors (Lipinski definition) is 3. The van der Waals surface area contributed by atoms with Gasteiger partial charge in [0.05, 0.1) is 26.4 Å². The van der Waals surface area contributed by atoms with Crippen LogP contribution >= 0.6 is 15.6 Å². The highest BCUT2D eigenvalue weighted by Gasteiger charge is 2.30. The first-order valence-corrected chi connectivity index (χ1v) is 41.8. The molecule has 0 aromatic heterocycles. The Morgan fingerprint density at radius 2 is 0.511 bits per heavy atom. The van der Waals surface area contributed by atoms with Crippen LogP contribution in [0.3, 0.4) is 0 Å². The molecule has 0 aromatic carbocycles. The third kappa shape index (κ3) is 66.0. The van der Waals surface area contributed by atoms with Gasteiger partial charge in [-0.1, -0.05) is 325 Å². The van der Waals surface area contributed by atoms with Crippen LogP contribution in [0.2, 0.25) is 0 Å². The third-order valence-electron chi connectivity index (χ3n) is 18.0. The van der Waals surface area contributed by atoms with Gasteiger partial charge >= 0.3 is 39.5 Å². The van der Waals surface area contributed by atoms with E-state index in [1.807, 2.05) is 0 Å². The third-order valence-corrected chi connectivity index (χ3v) is 19.9. The molecule has 0 aromatic rings. The number of carbonyl (C=O) groups excluding carboxylic acids is 4. The predicted molar refractivity (Wildman–Crippen MR) is 381 cm³/mol. The molecule has 0 radical (unpaired) electrons. The van der Waals surface area contributed by atoms with E-state index in [4.69, 9.17) is 37.0 Å². The SMILES string of the molecule is CCC(C)CCCCCCCCCCCCC(=O)O[C@H](COC(=O)CCCCCCCCC(C)CC)COP(=O)(O)OC[C@H](O)COP(=O)(O)OC[C@@H](COC(=O)CCCCCCCCCCCCCCCC(C)C)OC(=O)CCCCCCCCCCCCCC(C)C. The van der Waals surface area contributed by atoms with Crippen molar-refractivity contribution in [3.63, 3.8) is 0 Å². The fraction of sp³-hybridized carbons (Fsp3) is 0.947.